The Kier molecular flexibility index (Phi) is 3.76. The van der Waals surface area contributed by atoms with Crippen molar-refractivity contribution >= 4 is 12.0 Å². The molecule has 1 fully saturated rings. The average Bonchev–Trinajstić information content (AvgIpc) is 2.58. The van der Waals surface area contributed by atoms with E-state index in [1.807, 2.05) is 19.9 Å². The van der Waals surface area contributed by atoms with E-state index < -0.39 is 0 Å². The average molecular weight is 258 g/mol. The van der Waals surface area contributed by atoms with Gasteiger partial charge in [-0.2, -0.15) is 0 Å². The van der Waals surface area contributed by atoms with Crippen LogP contribution in [0.25, 0.3) is 6.08 Å². The van der Waals surface area contributed by atoms with E-state index >= 15 is 0 Å². The lowest BCUT2D eigenvalue weighted by Gasteiger charge is -2.17. The van der Waals surface area contributed by atoms with E-state index in [4.69, 9.17) is 0 Å². The Hall–Kier alpha value is -1.61. The number of carbonyl (C=O) groups is 1. The van der Waals surface area contributed by atoms with Gasteiger partial charge in [-0.25, -0.2) is 5.43 Å². The molecule has 1 aromatic carbocycles. The SMILES string of the molecule is CC(C)Cc1ccc(/C=C2\C(=O)NNC2(C)C)cc1. The quantitative estimate of drug-likeness (QED) is 0.818. The van der Waals surface area contributed by atoms with Gasteiger partial charge in [0.25, 0.3) is 5.91 Å². The lowest BCUT2D eigenvalue weighted by Crippen LogP contribution is -2.38. The second kappa shape index (κ2) is 5.17. The molecule has 1 aromatic rings. The fourth-order valence-electron chi connectivity index (χ4n) is 2.27. The molecule has 1 aliphatic heterocycles. The van der Waals surface area contributed by atoms with Gasteiger partial charge >= 0.3 is 0 Å². The van der Waals surface area contributed by atoms with Crippen LogP contribution in [0, 0.1) is 5.92 Å². The predicted octanol–water partition coefficient (Wildman–Crippen LogP) is 2.68. The van der Waals surface area contributed by atoms with Crippen molar-refractivity contribution in [3.63, 3.8) is 0 Å². The molecule has 1 aliphatic rings. The van der Waals surface area contributed by atoms with Crippen molar-refractivity contribution in [2.45, 2.75) is 39.7 Å². The van der Waals surface area contributed by atoms with Crippen molar-refractivity contribution in [1.82, 2.24) is 10.9 Å². The zero-order chi connectivity index (χ0) is 14.0. The second-order valence-corrected chi connectivity index (χ2v) is 6.10. The highest BCUT2D eigenvalue weighted by atomic mass is 16.2. The molecule has 1 heterocycles. The molecule has 0 aromatic heterocycles. The van der Waals surface area contributed by atoms with Crippen molar-refractivity contribution in [2.24, 2.45) is 5.92 Å². The number of amides is 1. The zero-order valence-electron chi connectivity index (χ0n) is 12.1. The molecule has 2 rings (SSSR count). The van der Waals surface area contributed by atoms with Crippen molar-refractivity contribution in [3.8, 4) is 0 Å². The van der Waals surface area contributed by atoms with Gasteiger partial charge in [-0.3, -0.25) is 10.2 Å². The monoisotopic (exact) mass is 258 g/mol. The fraction of sp³-hybridized carbons (Fsp3) is 0.438. The number of carbonyl (C=O) groups excluding carboxylic acids is 1. The molecule has 2 N–H and O–H groups in total. The summed E-state index contributed by atoms with van der Waals surface area (Å²) in [6, 6.07) is 8.43. The van der Waals surface area contributed by atoms with Crippen LogP contribution in [-0.2, 0) is 11.2 Å². The van der Waals surface area contributed by atoms with E-state index in [0.717, 1.165) is 17.6 Å². The van der Waals surface area contributed by atoms with Crippen LogP contribution < -0.4 is 10.9 Å². The minimum atomic E-state index is -0.326. The molecule has 0 unspecified atom stereocenters. The van der Waals surface area contributed by atoms with Gasteiger partial charge in [-0.15, -0.1) is 0 Å². The second-order valence-electron chi connectivity index (χ2n) is 6.10. The van der Waals surface area contributed by atoms with Gasteiger partial charge in [0.1, 0.15) is 0 Å². The van der Waals surface area contributed by atoms with E-state index in [1.165, 1.54) is 5.56 Å². The minimum absolute atomic E-state index is 0.0451. The maximum Gasteiger partial charge on any atom is 0.263 e. The molecule has 1 saturated heterocycles. The highest BCUT2D eigenvalue weighted by molar-refractivity contribution is 6.01. The first-order valence-electron chi connectivity index (χ1n) is 6.77. The number of nitrogens with one attached hydrogen (secondary N) is 2. The van der Waals surface area contributed by atoms with Crippen LogP contribution in [0.4, 0.5) is 0 Å². The maximum absolute atomic E-state index is 11.8. The Balaban J connectivity index is 2.21. The van der Waals surface area contributed by atoms with Gasteiger partial charge < -0.3 is 0 Å². The molecule has 0 bridgehead atoms. The smallest absolute Gasteiger partial charge is 0.263 e. The van der Waals surface area contributed by atoms with Gasteiger partial charge in [-0.1, -0.05) is 38.1 Å². The Labute approximate surface area is 115 Å². The van der Waals surface area contributed by atoms with Crippen LogP contribution in [0.3, 0.4) is 0 Å². The summed E-state index contributed by atoms with van der Waals surface area (Å²) in [5.41, 5.74) is 8.49. The first-order valence-corrected chi connectivity index (χ1v) is 6.77. The summed E-state index contributed by atoms with van der Waals surface area (Å²) < 4.78 is 0. The van der Waals surface area contributed by atoms with Gasteiger partial charge in [0, 0.05) is 5.57 Å². The molecule has 19 heavy (non-hydrogen) atoms. The summed E-state index contributed by atoms with van der Waals surface area (Å²) in [6.07, 6.45) is 3.04. The summed E-state index contributed by atoms with van der Waals surface area (Å²) in [5, 5.41) is 0. The molecule has 3 heteroatoms. The number of rotatable bonds is 3. The van der Waals surface area contributed by atoms with Crippen LogP contribution in [0.1, 0.15) is 38.8 Å². The van der Waals surface area contributed by atoms with Gasteiger partial charge in [0.05, 0.1) is 5.54 Å². The molecular weight excluding hydrogens is 236 g/mol. The molecule has 0 aliphatic carbocycles. The third kappa shape index (κ3) is 3.24. The van der Waals surface area contributed by atoms with Crippen molar-refractivity contribution in [1.29, 1.82) is 0 Å². The molecule has 0 saturated carbocycles. The van der Waals surface area contributed by atoms with Crippen molar-refractivity contribution in [2.75, 3.05) is 0 Å². The molecule has 102 valence electrons. The van der Waals surface area contributed by atoms with Crippen molar-refractivity contribution < 1.29 is 4.79 Å². The first kappa shape index (κ1) is 13.8. The number of hydrogen-bond acceptors (Lipinski definition) is 2. The molecule has 3 nitrogen and oxygen atoms in total. The molecular formula is C16H22N2O. The standard InChI is InChI=1S/C16H22N2O/c1-11(2)9-12-5-7-13(8-6-12)10-14-15(19)17-18-16(14,3)4/h5-8,10-11,18H,9H2,1-4H3,(H,17,19)/b14-10+. The Morgan fingerprint density at radius 3 is 2.32 bits per heavy atom. The molecule has 0 spiro atoms. The first-order chi connectivity index (χ1) is 8.88. The number of benzene rings is 1. The Morgan fingerprint density at radius 2 is 1.84 bits per heavy atom. The van der Waals surface area contributed by atoms with E-state index in [0.29, 0.717) is 5.92 Å². The van der Waals surface area contributed by atoms with Crippen molar-refractivity contribution in [3.05, 3.63) is 41.0 Å². The Morgan fingerprint density at radius 1 is 1.21 bits per heavy atom. The molecule has 0 atom stereocenters. The highest BCUT2D eigenvalue weighted by Gasteiger charge is 2.34. The van der Waals surface area contributed by atoms with Gasteiger partial charge in [-0.05, 0) is 43.4 Å². The zero-order valence-corrected chi connectivity index (χ0v) is 12.1. The third-order valence-electron chi connectivity index (χ3n) is 3.34. The normalized spacial score (nSPS) is 20.1. The van der Waals surface area contributed by atoms with E-state index in [1.54, 1.807) is 0 Å². The molecule has 1 amide bonds. The van der Waals surface area contributed by atoms with Crippen LogP contribution in [0.5, 0.6) is 0 Å². The van der Waals surface area contributed by atoms with E-state index in [2.05, 4.69) is 49.0 Å². The van der Waals surface area contributed by atoms with Crippen LogP contribution in [0.15, 0.2) is 29.8 Å². The van der Waals surface area contributed by atoms with Crippen LogP contribution in [0.2, 0.25) is 0 Å². The Bertz CT molecular complexity index is 498. The fourth-order valence-corrected chi connectivity index (χ4v) is 2.27. The number of hydrazine groups is 1. The van der Waals surface area contributed by atoms with Gasteiger partial charge in [0.15, 0.2) is 0 Å². The lowest BCUT2D eigenvalue weighted by molar-refractivity contribution is -0.116. The lowest BCUT2D eigenvalue weighted by atomic mass is 9.93. The summed E-state index contributed by atoms with van der Waals surface area (Å²) in [6.45, 7) is 8.41. The summed E-state index contributed by atoms with van der Waals surface area (Å²) in [7, 11) is 0. The largest absolute Gasteiger partial charge is 0.287 e. The third-order valence-corrected chi connectivity index (χ3v) is 3.34. The van der Waals surface area contributed by atoms with Gasteiger partial charge in [0.2, 0.25) is 0 Å². The van der Waals surface area contributed by atoms with Crippen LogP contribution in [-0.4, -0.2) is 11.4 Å². The topological polar surface area (TPSA) is 41.1 Å². The van der Waals surface area contributed by atoms with Crippen LogP contribution >= 0.6 is 0 Å². The highest BCUT2D eigenvalue weighted by Crippen LogP contribution is 2.23. The predicted molar refractivity (Wildman–Crippen MR) is 78.3 cm³/mol. The van der Waals surface area contributed by atoms with E-state index in [9.17, 15) is 4.79 Å². The maximum atomic E-state index is 11.8. The van der Waals surface area contributed by atoms with E-state index in [-0.39, 0.29) is 11.4 Å². The minimum Gasteiger partial charge on any atom is -0.287 e. The number of hydrogen-bond donors (Lipinski definition) is 2. The summed E-state index contributed by atoms with van der Waals surface area (Å²) >= 11 is 0. The molecule has 0 radical (unpaired) electrons. The summed E-state index contributed by atoms with van der Waals surface area (Å²) in [4.78, 5) is 11.8. The summed E-state index contributed by atoms with van der Waals surface area (Å²) in [5.74, 6) is 0.615.